The summed E-state index contributed by atoms with van der Waals surface area (Å²) in [7, 11) is 0. The van der Waals surface area contributed by atoms with E-state index in [0.717, 1.165) is 55.2 Å². The molecule has 2 aromatic rings. The number of hydrazine groups is 1. The Morgan fingerprint density at radius 1 is 1.40 bits per heavy atom. The molecule has 2 aromatic heterocycles. The van der Waals surface area contributed by atoms with Gasteiger partial charge in [-0.25, -0.2) is 10.8 Å². The van der Waals surface area contributed by atoms with E-state index < -0.39 is 0 Å². The molecule has 1 fully saturated rings. The van der Waals surface area contributed by atoms with Crippen LogP contribution >= 0.6 is 11.3 Å². The molecule has 3 rings (SSSR count). The van der Waals surface area contributed by atoms with E-state index >= 15 is 0 Å². The van der Waals surface area contributed by atoms with Crippen LogP contribution in [0, 0.1) is 0 Å². The van der Waals surface area contributed by atoms with Gasteiger partial charge in [-0.15, -0.1) is 11.3 Å². The first-order valence-electron chi connectivity index (χ1n) is 6.91. The summed E-state index contributed by atoms with van der Waals surface area (Å²) in [5.74, 6) is 6.93. The molecule has 0 radical (unpaired) electrons. The minimum absolute atomic E-state index is 0.474. The zero-order chi connectivity index (χ0) is 13.9. The highest BCUT2D eigenvalue weighted by Gasteiger charge is 2.18. The number of aryl methyl sites for hydroxylation is 1. The van der Waals surface area contributed by atoms with Crippen LogP contribution in [0.1, 0.15) is 18.2 Å². The number of nitrogens with one attached hydrogen (secondary N) is 1. The summed E-state index contributed by atoms with van der Waals surface area (Å²) >= 11 is 1.71. The van der Waals surface area contributed by atoms with Gasteiger partial charge in [-0.2, -0.15) is 4.98 Å². The van der Waals surface area contributed by atoms with Gasteiger partial charge in [-0.1, -0.05) is 6.92 Å². The predicted octanol–water partition coefficient (Wildman–Crippen LogP) is 1.77. The largest absolute Gasteiger partial charge is 0.380 e. The Labute approximate surface area is 121 Å². The van der Waals surface area contributed by atoms with Gasteiger partial charge >= 0.3 is 0 Å². The molecule has 0 amide bonds. The standard InChI is InChI=1S/C13H19N5OS/c1-2-9-8-10-11(18-4-3-6-19-7-5-18)15-13(17-14)16-12(10)20-9/h8H,2-7,14H2,1H3,(H,15,16,17). The molecule has 0 spiro atoms. The first-order valence-corrected chi connectivity index (χ1v) is 7.73. The van der Waals surface area contributed by atoms with E-state index in [1.165, 1.54) is 4.88 Å². The lowest BCUT2D eigenvalue weighted by Gasteiger charge is -2.21. The smallest absolute Gasteiger partial charge is 0.240 e. The molecular weight excluding hydrogens is 274 g/mol. The fraction of sp³-hybridized carbons (Fsp3) is 0.538. The number of rotatable bonds is 3. The summed E-state index contributed by atoms with van der Waals surface area (Å²) in [6.45, 7) is 5.51. The molecule has 1 aliphatic rings. The lowest BCUT2D eigenvalue weighted by atomic mass is 10.3. The number of hydrogen-bond acceptors (Lipinski definition) is 7. The van der Waals surface area contributed by atoms with Gasteiger partial charge in [0.15, 0.2) is 0 Å². The SMILES string of the molecule is CCc1cc2c(N3CCCOCC3)nc(NN)nc2s1. The maximum absolute atomic E-state index is 5.52. The minimum atomic E-state index is 0.474. The molecule has 1 aliphatic heterocycles. The second kappa shape index (κ2) is 5.90. The van der Waals surface area contributed by atoms with E-state index in [1.54, 1.807) is 11.3 Å². The second-order valence-electron chi connectivity index (χ2n) is 4.75. The molecular formula is C13H19N5OS. The molecule has 0 bridgehead atoms. The summed E-state index contributed by atoms with van der Waals surface area (Å²) < 4.78 is 5.52. The van der Waals surface area contributed by atoms with Crippen molar-refractivity contribution in [3.63, 3.8) is 0 Å². The van der Waals surface area contributed by atoms with Gasteiger partial charge in [0, 0.05) is 24.6 Å². The van der Waals surface area contributed by atoms with E-state index in [9.17, 15) is 0 Å². The molecule has 0 aromatic carbocycles. The highest BCUT2D eigenvalue weighted by atomic mass is 32.1. The van der Waals surface area contributed by atoms with E-state index in [2.05, 4.69) is 33.3 Å². The Kier molecular flexibility index (Phi) is 4.00. The van der Waals surface area contributed by atoms with Gasteiger partial charge in [0.2, 0.25) is 5.95 Å². The molecule has 0 atom stereocenters. The normalized spacial score (nSPS) is 16.4. The molecule has 0 saturated carbocycles. The number of anilines is 2. The lowest BCUT2D eigenvalue weighted by molar-refractivity contribution is 0.152. The number of nitrogen functional groups attached to an aromatic ring is 1. The van der Waals surface area contributed by atoms with Gasteiger partial charge in [0.05, 0.1) is 12.0 Å². The van der Waals surface area contributed by atoms with E-state index in [-0.39, 0.29) is 0 Å². The van der Waals surface area contributed by atoms with E-state index in [1.807, 2.05) is 0 Å². The Bertz CT molecular complexity index is 592. The van der Waals surface area contributed by atoms with Gasteiger partial charge < -0.3 is 9.64 Å². The molecule has 6 nitrogen and oxygen atoms in total. The third kappa shape index (κ3) is 2.56. The Hall–Kier alpha value is -1.44. The number of fused-ring (bicyclic) bond motifs is 1. The zero-order valence-corrected chi connectivity index (χ0v) is 12.4. The number of hydrogen-bond donors (Lipinski definition) is 2. The van der Waals surface area contributed by atoms with Crippen LogP contribution in [0.25, 0.3) is 10.2 Å². The van der Waals surface area contributed by atoms with Crippen LogP contribution in [0.3, 0.4) is 0 Å². The van der Waals surface area contributed by atoms with Gasteiger partial charge in [0.25, 0.3) is 0 Å². The van der Waals surface area contributed by atoms with Gasteiger partial charge in [-0.05, 0) is 18.9 Å². The van der Waals surface area contributed by atoms with Crippen molar-refractivity contribution in [2.75, 3.05) is 36.6 Å². The lowest BCUT2D eigenvalue weighted by Crippen LogP contribution is -2.27. The van der Waals surface area contributed by atoms with Crippen molar-refractivity contribution in [1.29, 1.82) is 0 Å². The average Bonchev–Trinajstić information content (AvgIpc) is 2.71. The summed E-state index contributed by atoms with van der Waals surface area (Å²) in [6.07, 6.45) is 2.02. The second-order valence-corrected chi connectivity index (χ2v) is 5.87. The summed E-state index contributed by atoms with van der Waals surface area (Å²) in [4.78, 5) is 13.6. The van der Waals surface area contributed by atoms with Gasteiger partial charge in [0.1, 0.15) is 10.6 Å². The van der Waals surface area contributed by atoms with Crippen molar-refractivity contribution in [3.8, 4) is 0 Å². The predicted molar refractivity (Wildman–Crippen MR) is 82.3 cm³/mol. The number of nitrogens with zero attached hydrogens (tertiary/aromatic N) is 3. The number of ether oxygens (including phenoxy) is 1. The van der Waals surface area contributed by atoms with Crippen molar-refractivity contribution < 1.29 is 4.74 Å². The van der Waals surface area contributed by atoms with Crippen LogP contribution in [0.4, 0.5) is 11.8 Å². The summed E-state index contributed by atoms with van der Waals surface area (Å²) in [5, 5.41) is 1.12. The molecule has 0 unspecified atom stereocenters. The first kappa shape index (κ1) is 13.5. The zero-order valence-electron chi connectivity index (χ0n) is 11.6. The van der Waals surface area contributed by atoms with Crippen LogP contribution in [-0.2, 0) is 11.2 Å². The van der Waals surface area contributed by atoms with Crippen LogP contribution in [-0.4, -0.2) is 36.3 Å². The maximum atomic E-state index is 5.52. The third-order valence-corrected chi connectivity index (χ3v) is 4.60. The van der Waals surface area contributed by atoms with E-state index in [4.69, 9.17) is 10.6 Å². The Morgan fingerprint density at radius 3 is 3.10 bits per heavy atom. The summed E-state index contributed by atoms with van der Waals surface area (Å²) in [5.41, 5.74) is 2.57. The van der Waals surface area contributed by atoms with Crippen molar-refractivity contribution >= 4 is 33.3 Å². The van der Waals surface area contributed by atoms with Gasteiger partial charge in [-0.3, -0.25) is 5.43 Å². The highest BCUT2D eigenvalue weighted by molar-refractivity contribution is 7.18. The molecule has 108 valence electrons. The summed E-state index contributed by atoms with van der Waals surface area (Å²) in [6, 6.07) is 2.20. The number of aromatic nitrogens is 2. The molecule has 0 aliphatic carbocycles. The third-order valence-electron chi connectivity index (χ3n) is 3.42. The molecule has 7 heteroatoms. The minimum Gasteiger partial charge on any atom is -0.380 e. The Balaban J connectivity index is 2.08. The molecule has 20 heavy (non-hydrogen) atoms. The highest BCUT2D eigenvalue weighted by Crippen LogP contribution is 2.32. The molecule has 3 N–H and O–H groups in total. The van der Waals surface area contributed by atoms with Crippen LogP contribution in [0.2, 0.25) is 0 Å². The quantitative estimate of drug-likeness (QED) is 0.663. The van der Waals surface area contributed by atoms with Crippen molar-refractivity contribution in [3.05, 3.63) is 10.9 Å². The molecule has 3 heterocycles. The van der Waals surface area contributed by atoms with Crippen LogP contribution in [0.5, 0.6) is 0 Å². The topological polar surface area (TPSA) is 76.3 Å². The number of thiophene rings is 1. The van der Waals surface area contributed by atoms with E-state index in [0.29, 0.717) is 5.95 Å². The van der Waals surface area contributed by atoms with Crippen molar-refractivity contribution in [2.45, 2.75) is 19.8 Å². The number of nitrogens with two attached hydrogens (primary N) is 1. The van der Waals surface area contributed by atoms with Crippen LogP contribution < -0.4 is 16.2 Å². The van der Waals surface area contributed by atoms with Crippen molar-refractivity contribution in [2.24, 2.45) is 5.84 Å². The maximum Gasteiger partial charge on any atom is 0.240 e. The first-order chi connectivity index (χ1) is 9.81. The monoisotopic (exact) mass is 293 g/mol. The Morgan fingerprint density at radius 2 is 2.30 bits per heavy atom. The van der Waals surface area contributed by atoms with Crippen LogP contribution in [0.15, 0.2) is 6.07 Å². The average molecular weight is 293 g/mol. The fourth-order valence-electron chi connectivity index (χ4n) is 2.39. The molecule has 1 saturated heterocycles. The van der Waals surface area contributed by atoms with Crippen molar-refractivity contribution in [1.82, 2.24) is 9.97 Å². The fourth-order valence-corrected chi connectivity index (χ4v) is 3.36.